The molecule has 4 rings (SSSR count). The molecule has 1 amide bonds. The summed E-state index contributed by atoms with van der Waals surface area (Å²) in [6, 6.07) is 10.2. The molecule has 2 aromatic carbocycles. The van der Waals surface area contributed by atoms with Gasteiger partial charge in [0, 0.05) is 41.1 Å². The Balaban J connectivity index is 1.61. The highest BCUT2D eigenvalue weighted by atomic mass is 16.6. The first-order chi connectivity index (χ1) is 14.6. The van der Waals surface area contributed by atoms with E-state index in [2.05, 4.69) is 53.1 Å². The Morgan fingerprint density at radius 3 is 2.68 bits per heavy atom. The van der Waals surface area contributed by atoms with E-state index in [9.17, 15) is 4.79 Å². The lowest BCUT2D eigenvalue weighted by Gasteiger charge is -2.22. The second kappa shape index (κ2) is 7.76. The van der Waals surface area contributed by atoms with Crippen LogP contribution in [-0.4, -0.2) is 33.9 Å². The number of carbonyl (C=O) groups excluding carboxylic acids is 1. The van der Waals surface area contributed by atoms with Crippen molar-refractivity contribution in [3.63, 3.8) is 0 Å². The summed E-state index contributed by atoms with van der Waals surface area (Å²) in [5.74, 6) is 0.766. The van der Waals surface area contributed by atoms with Crippen molar-refractivity contribution >= 4 is 38.7 Å². The summed E-state index contributed by atoms with van der Waals surface area (Å²) in [5, 5.41) is 7.47. The van der Waals surface area contributed by atoms with E-state index < -0.39 is 11.7 Å². The standard InChI is InChI=1S/C25H29N3O3/c1-15(27-24(29)31-25(3,4)5)14-30-18-7-8-22-20(12-18)21-11-17-13-26-10-9-19(17)16(2)23(21)28(22)6/h7-13,15H,14H2,1-6H3,(H,27,29)/t15-/m1/s1. The average Bonchev–Trinajstić information content (AvgIpc) is 2.97. The van der Waals surface area contributed by atoms with Crippen molar-refractivity contribution in [3.05, 3.63) is 48.3 Å². The molecule has 31 heavy (non-hydrogen) atoms. The molecule has 2 heterocycles. The highest BCUT2D eigenvalue weighted by Crippen LogP contribution is 2.36. The Kier molecular flexibility index (Phi) is 5.25. The van der Waals surface area contributed by atoms with Gasteiger partial charge in [-0.15, -0.1) is 0 Å². The topological polar surface area (TPSA) is 65.4 Å². The predicted octanol–water partition coefficient (Wildman–Crippen LogP) is 5.48. The van der Waals surface area contributed by atoms with Crippen LogP contribution in [0.4, 0.5) is 4.79 Å². The van der Waals surface area contributed by atoms with Gasteiger partial charge in [0.15, 0.2) is 0 Å². The number of pyridine rings is 1. The molecule has 0 aliphatic rings. The van der Waals surface area contributed by atoms with Crippen LogP contribution in [0.3, 0.4) is 0 Å². The summed E-state index contributed by atoms with van der Waals surface area (Å²) in [6.07, 6.45) is 3.30. The number of amides is 1. The normalized spacial score (nSPS) is 13.0. The molecule has 0 saturated carbocycles. The zero-order chi connectivity index (χ0) is 22.3. The molecule has 0 radical (unpaired) electrons. The van der Waals surface area contributed by atoms with Gasteiger partial charge in [-0.25, -0.2) is 4.79 Å². The average molecular weight is 420 g/mol. The maximum atomic E-state index is 11.9. The summed E-state index contributed by atoms with van der Waals surface area (Å²) in [6.45, 7) is 9.92. The second-order valence-corrected chi connectivity index (χ2v) is 9.09. The summed E-state index contributed by atoms with van der Waals surface area (Å²) >= 11 is 0. The number of nitrogens with one attached hydrogen (secondary N) is 1. The second-order valence-electron chi connectivity index (χ2n) is 9.09. The summed E-state index contributed by atoms with van der Waals surface area (Å²) in [4.78, 5) is 16.2. The third-order valence-electron chi connectivity index (χ3n) is 5.38. The fourth-order valence-electron chi connectivity index (χ4n) is 4.06. The first kappa shape index (κ1) is 21.0. The fourth-order valence-corrected chi connectivity index (χ4v) is 4.06. The largest absolute Gasteiger partial charge is 0.491 e. The Labute approximate surface area is 182 Å². The molecule has 0 saturated heterocycles. The molecule has 1 N–H and O–H groups in total. The van der Waals surface area contributed by atoms with Crippen LogP contribution >= 0.6 is 0 Å². The zero-order valence-corrected chi connectivity index (χ0v) is 18.9. The van der Waals surface area contributed by atoms with Crippen molar-refractivity contribution in [1.82, 2.24) is 14.9 Å². The number of hydrogen-bond acceptors (Lipinski definition) is 4. The molecule has 0 unspecified atom stereocenters. The van der Waals surface area contributed by atoms with Crippen LogP contribution in [0.25, 0.3) is 32.6 Å². The van der Waals surface area contributed by atoms with Gasteiger partial charge in [0.05, 0.1) is 11.6 Å². The number of carbonyl (C=O) groups is 1. The molecule has 1 atom stereocenters. The number of ether oxygens (including phenoxy) is 2. The molecular weight excluding hydrogens is 390 g/mol. The third kappa shape index (κ3) is 4.15. The minimum atomic E-state index is -0.526. The van der Waals surface area contributed by atoms with Gasteiger partial charge < -0.3 is 19.4 Å². The minimum Gasteiger partial charge on any atom is -0.491 e. The molecule has 6 heteroatoms. The lowest BCUT2D eigenvalue weighted by atomic mass is 10.0. The quantitative estimate of drug-likeness (QED) is 0.476. The molecule has 162 valence electrons. The lowest BCUT2D eigenvalue weighted by molar-refractivity contribution is 0.0494. The van der Waals surface area contributed by atoms with Crippen LogP contribution in [0, 0.1) is 6.92 Å². The number of fused-ring (bicyclic) bond motifs is 4. The van der Waals surface area contributed by atoms with Gasteiger partial charge in [0.1, 0.15) is 18.0 Å². The highest BCUT2D eigenvalue weighted by Gasteiger charge is 2.18. The Morgan fingerprint density at radius 2 is 1.94 bits per heavy atom. The van der Waals surface area contributed by atoms with Crippen molar-refractivity contribution in [1.29, 1.82) is 0 Å². The van der Waals surface area contributed by atoms with E-state index in [0.717, 1.165) is 22.0 Å². The van der Waals surface area contributed by atoms with E-state index in [1.54, 1.807) is 0 Å². The number of benzene rings is 2. The molecule has 0 spiro atoms. The van der Waals surface area contributed by atoms with Crippen molar-refractivity contribution in [2.75, 3.05) is 6.61 Å². The van der Waals surface area contributed by atoms with Crippen LogP contribution in [0.2, 0.25) is 0 Å². The summed E-state index contributed by atoms with van der Waals surface area (Å²) in [5.41, 5.74) is 3.08. The SMILES string of the molecule is Cc1c2ccncc2cc2c3cc(OC[C@@H](C)NC(=O)OC(C)(C)C)ccc3n(C)c12. The maximum Gasteiger partial charge on any atom is 0.407 e. The number of nitrogens with zero attached hydrogens (tertiary/aromatic N) is 2. The lowest BCUT2D eigenvalue weighted by Crippen LogP contribution is -2.40. The monoisotopic (exact) mass is 419 g/mol. The highest BCUT2D eigenvalue weighted by molar-refractivity contribution is 6.14. The molecule has 0 bridgehead atoms. The molecule has 0 fully saturated rings. The smallest absolute Gasteiger partial charge is 0.407 e. The van der Waals surface area contributed by atoms with Crippen LogP contribution < -0.4 is 10.1 Å². The summed E-state index contributed by atoms with van der Waals surface area (Å²) in [7, 11) is 2.10. The first-order valence-corrected chi connectivity index (χ1v) is 10.5. The molecule has 4 aromatic rings. The third-order valence-corrected chi connectivity index (χ3v) is 5.38. The van der Waals surface area contributed by atoms with Crippen molar-refractivity contribution in [3.8, 4) is 5.75 Å². The van der Waals surface area contributed by atoms with Crippen molar-refractivity contribution < 1.29 is 14.3 Å². The number of hydrogen-bond donors (Lipinski definition) is 1. The van der Waals surface area contributed by atoms with Gasteiger partial charge in [0.2, 0.25) is 0 Å². The Bertz CT molecular complexity index is 1280. The molecular formula is C25H29N3O3. The molecule has 2 aromatic heterocycles. The van der Waals surface area contributed by atoms with E-state index in [1.807, 2.05) is 46.2 Å². The predicted molar refractivity (Wildman–Crippen MR) is 125 cm³/mol. The number of aryl methyl sites for hydroxylation is 2. The van der Waals surface area contributed by atoms with Gasteiger partial charge in [-0.2, -0.15) is 0 Å². The maximum absolute atomic E-state index is 11.9. The number of aromatic nitrogens is 2. The van der Waals surface area contributed by atoms with Crippen molar-refractivity contribution in [2.45, 2.75) is 46.3 Å². The molecule has 0 aliphatic heterocycles. The zero-order valence-electron chi connectivity index (χ0n) is 18.9. The van der Waals surface area contributed by atoms with Crippen LogP contribution in [0.5, 0.6) is 5.75 Å². The van der Waals surface area contributed by atoms with Gasteiger partial charge in [-0.05, 0) is 75.9 Å². The van der Waals surface area contributed by atoms with Crippen LogP contribution in [0.1, 0.15) is 33.3 Å². The van der Waals surface area contributed by atoms with E-state index in [-0.39, 0.29) is 6.04 Å². The number of alkyl carbamates (subject to hydrolysis) is 1. The van der Waals surface area contributed by atoms with Crippen LogP contribution in [0.15, 0.2) is 42.7 Å². The number of rotatable bonds is 4. The van der Waals surface area contributed by atoms with Gasteiger partial charge in [0.25, 0.3) is 0 Å². The minimum absolute atomic E-state index is 0.185. The molecule has 0 aliphatic carbocycles. The Hall–Kier alpha value is -3.28. The Morgan fingerprint density at radius 1 is 1.16 bits per heavy atom. The van der Waals surface area contributed by atoms with E-state index in [1.165, 1.54) is 21.9 Å². The van der Waals surface area contributed by atoms with Gasteiger partial charge >= 0.3 is 6.09 Å². The van der Waals surface area contributed by atoms with E-state index >= 15 is 0 Å². The van der Waals surface area contributed by atoms with Crippen molar-refractivity contribution in [2.24, 2.45) is 7.05 Å². The van der Waals surface area contributed by atoms with E-state index in [4.69, 9.17) is 9.47 Å². The van der Waals surface area contributed by atoms with Gasteiger partial charge in [-0.1, -0.05) is 0 Å². The van der Waals surface area contributed by atoms with E-state index in [0.29, 0.717) is 6.61 Å². The van der Waals surface area contributed by atoms with Gasteiger partial charge in [-0.3, -0.25) is 4.98 Å². The summed E-state index contributed by atoms with van der Waals surface area (Å²) < 4.78 is 13.5. The van der Waals surface area contributed by atoms with Crippen LogP contribution in [-0.2, 0) is 11.8 Å². The fraction of sp³-hybridized carbons (Fsp3) is 0.360. The molecule has 6 nitrogen and oxygen atoms in total. The first-order valence-electron chi connectivity index (χ1n) is 10.5.